The zero-order valence-electron chi connectivity index (χ0n) is 8.02. The summed E-state index contributed by atoms with van der Waals surface area (Å²) in [5, 5.41) is 0.408. The molecule has 0 aliphatic carbocycles. The van der Waals surface area contributed by atoms with Crippen LogP contribution in [0.4, 0.5) is 0 Å². The normalized spacial score (nSPS) is 13.3. The number of rotatable bonds is 5. The van der Waals surface area contributed by atoms with Gasteiger partial charge in [-0.05, 0) is 31.9 Å². The molecule has 0 rings (SSSR count). The molecule has 78 valence electrons. The maximum atomic E-state index is 5.53. The van der Waals surface area contributed by atoms with Gasteiger partial charge in [0.25, 0.3) is 0 Å². The van der Waals surface area contributed by atoms with Crippen molar-refractivity contribution in [1.82, 2.24) is 0 Å². The number of amidine groups is 1. The molecule has 0 fully saturated rings. The van der Waals surface area contributed by atoms with Crippen molar-refractivity contribution >= 4 is 35.4 Å². The Balaban J connectivity index is 4.49. The van der Waals surface area contributed by atoms with Gasteiger partial charge in [0.05, 0.1) is 13.2 Å². The summed E-state index contributed by atoms with van der Waals surface area (Å²) in [5.74, 6) is 0. The van der Waals surface area contributed by atoms with Gasteiger partial charge in [-0.2, -0.15) is 4.76 Å². The Bertz CT molecular complexity index is 213. The second-order valence-electron chi connectivity index (χ2n) is 1.95. The summed E-state index contributed by atoms with van der Waals surface area (Å²) in [6.07, 6.45) is 1.83. The minimum absolute atomic E-state index is 0.408. The highest BCUT2D eigenvalue weighted by Crippen LogP contribution is 2.50. The Morgan fingerprint density at radius 3 is 2.23 bits per heavy atom. The molecule has 0 amide bonds. The predicted octanol–water partition coefficient (Wildman–Crippen LogP) is 1.96. The van der Waals surface area contributed by atoms with Gasteiger partial charge in [0, 0.05) is 0 Å². The van der Waals surface area contributed by atoms with Crippen LogP contribution in [-0.4, -0.2) is 24.6 Å². The molecule has 0 bridgehead atoms. The fourth-order valence-corrected chi connectivity index (χ4v) is 3.37. The first-order valence-corrected chi connectivity index (χ1v) is 7.68. The number of nitrogens with two attached hydrogens (primary N) is 1. The summed E-state index contributed by atoms with van der Waals surface area (Å²) < 4.78 is 14.6. The molecule has 0 heterocycles. The van der Waals surface area contributed by atoms with Crippen LogP contribution in [0.5, 0.6) is 0 Å². The van der Waals surface area contributed by atoms with Crippen molar-refractivity contribution in [1.29, 1.82) is 0 Å². The summed E-state index contributed by atoms with van der Waals surface area (Å²) in [5.41, 5.74) is 5.53. The van der Waals surface area contributed by atoms with Crippen LogP contribution in [0.1, 0.15) is 13.8 Å². The molecule has 0 saturated heterocycles. The monoisotopic (exact) mass is 242 g/mol. The molecule has 0 saturated carbocycles. The highest BCUT2D eigenvalue weighted by Gasteiger charge is 2.16. The van der Waals surface area contributed by atoms with Gasteiger partial charge in [0.15, 0.2) is 5.17 Å². The highest BCUT2D eigenvalue weighted by atomic mass is 32.5. The first kappa shape index (κ1) is 13.4. The van der Waals surface area contributed by atoms with Crippen LogP contribution in [-0.2, 0) is 20.9 Å². The molecule has 0 radical (unpaired) electrons. The maximum Gasteiger partial charge on any atom is 0.311 e. The van der Waals surface area contributed by atoms with Crippen molar-refractivity contribution in [2.24, 2.45) is 10.5 Å². The molecular weight excluding hydrogens is 227 g/mol. The van der Waals surface area contributed by atoms with Crippen molar-refractivity contribution < 1.29 is 9.05 Å². The molecule has 13 heavy (non-hydrogen) atoms. The number of nitrogens with zero attached hydrogens (tertiary/aromatic N) is 1. The van der Waals surface area contributed by atoms with Gasteiger partial charge in [0.1, 0.15) is 0 Å². The van der Waals surface area contributed by atoms with Crippen molar-refractivity contribution in [2.45, 2.75) is 13.8 Å². The molecule has 0 aliphatic rings. The van der Waals surface area contributed by atoms with Crippen molar-refractivity contribution in [3.63, 3.8) is 0 Å². The van der Waals surface area contributed by atoms with Gasteiger partial charge < -0.3 is 14.8 Å². The minimum atomic E-state index is -2.52. The molecule has 4 nitrogen and oxygen atoms in total. The zero-order chi connectivity index (χ0) is 10.3. The van der Waals surface area contributed by atoms with Crippen molar-refractivity contribution in [2.75, 3.05) is 19.5 Å². The first-order chi connectivity index (χ1) is 6.08. The summed E-state index contributed by atoms with van der Waals surface area (Å²) in [4.78, 5) is 0. The van der Waals surface area contributed by atoms with Crippen molar-refractivity contribution in [3.05, 3.63) is 0 Å². The molecular formula is C6H15N2O2PS2. The third kappa shape index (κ3) is 5.65. The number of hydrogen-bond acceptors (Lipinski definition) is 4. The van der Waals surface area contributed by atoms with E-state index in [0.29, 0.717) is 18.4 Å². The third-order valence-corrected chi connectivity index (χ3v) is 4.17. The predicted molar refractivity (Wildman–Crippen MR) is 62.7 cm³/mol. The van der Waals surface area contributed by atoms with E-state index in [4.69, 9.17) is 26.6 Å². The third-order valence-electron chi connectivity index (χ3n) is 1.01. The van der Waals surface area contributed by atoms with E-state index in [1.54, 1.807) is 0 Å². The smallest absolute Gasteiger partial charge is 0.311 e. The fourth-order valence-electron chi connectivity index (χ4n) is 0.583. The number of hydrogen-bond donors (Lipinski definition) is 1. The quantitative estimate of drug-likeness (QED) is 0.454. The standard InChI is InChI=1S/C6H15N2O2PS2/c1-4-9-11(12,10-5-2)8-6(7)13-3/h4-5H2,1-3H3,(H2,7,8,12). The van der Waals surface area contributed by atoms with Gasteiger partial charge in [-0.3, -0.25) is 0 Å². The van der Waals surface area contributed by atoms with Crippen LogP contribution in [0.2, 0.25) is 0 Å². The Labute approximate surface area is 88.5 Å². The lowest BCUT2D eigenvalue weighted by molar-refractivity contribution is 0.267. The van der Waals surface area contributed by atoms with Crippen LogP contribution in [0.15, 0.2) is 4.76 Å². The van der Waals surface area contributed by atoms with E-state index in [1.165, 1.54) is 11.8 Å². The lowest BCUT2D eigenvalue weighted by Gasteiger charge is -2.15. The van der Waals surface area contributed by atoms with E-state index in [2.05, 4.69) is 4.76 Å². The molecule has 0 aliphatic heterocycles. The fraction of sp³-hybridized carbons (Fsp3) is 0.833. The Hall–Kier alpha value is 0.390. The van der Waals surface area contributed by atoms with Gasteiger partial charge in [-0.1, -0.05) is 11.8 Å². The Morgan fingerprint density at radius 1 is 1.46 bits per heavy atom. The van der Waals surface area contributed by atoms with Gasteiger partial charge in [0.2, 0.25) is 0 Å². The zero-order valence-corrected chi connectivity index (χ0v) is 10.5. The van der Waals surface area contributed by atoms with Gasteiger partial charge in [-0.15, -0.1) is 0 Å². The van der Waals surface area contributed by atoms with Crippen LogP contribution >= 0.6 is 18.4 Å². The summed E-state index contributed by atoms with van der Waals surface area (Å²) in [6.45, 7) is 2.16. The molecule has 0 spiro atoms. The molecule has 0 unspecified atom stereocenters. The second-order valence-corrected chi connectivity index (χ2v) is 5.81. The van der Waals surface area contributed by atoms with E-state index in [1.807, 2.05) is 20.1 Å². The first-order valence-electron chi connectivity index (χ1n) is 3.86. The molecule has 0 aromatic heterocycles. The average molecular weight is 242 g/mol. The van der Waals surface area contributed by atoms with Crippen LogP contribution in [0, 0.1) is 0 Å². The van der Waals surface area contributed by atoms with Gasteiger partial charge >= 0.3 is 6.64 Å². The van der Waals surface area contributed by atoms with Crippen LogP contribution < -0.4 is 5.73 Å². The summed E-state index contributed by atoms with van der Waals surface area (Å²) >= 11 is 6.46. The lowest BCUT2D eigenvalue weighted by atomic mass is 10.9. The van der Waals surface area contributed by atoms with E-state index < -0.39 is 6.64 Å². The molecule has 2 N–H and O–H groups in total. The Morgan fingerprint density at radius 2 is 1.92 bits per heavy atom. The van der Waals surface area contributed by atoms with Gasteiger partial charge in [-0.25, -0.2) is 0 Å². The number of thioether (sulfide) groups is 1. The van der Waals surface area contributed by atoms with E-state index in [0.717, 1.165) is 0 Å². The van der Waals surface area contributed by atoms with Crippen molar-refractivity contribution in [3.8, 4) is 0 Å². The largest absolute Gasteiger partial charge is 0.378 e. The SMILES string of the molecule is CCOP(=S)(N=C(N)SC)OCC. The Kier molecular flexibility index (Phi) is 6.99. The lowest BCUT2D eigenvalue weighted by Crippen LogP contribution is -2.06. The van der Waals surface area contributed by atoms with E-state index >= 15 is 0 Å². The molecule has 7 heteroatoms. The summed E-state index contributed by atoms with van der Waals surface area (Å²) in [6, 6.07) is 0. The second kappa shape index (κ2) is 6.79. The molecule has 0 aromatic carbocycles. The average Bonchev–Trinajstić information content (AvgIpc) is 2.04. The van der Waals surface area contributed by atoms with E-state index in [-0.39, 0.29) is 0 Å². The van der Waals surface area contributed by atoms with Crippen LogP contribution in [0.3, 0.4) is 0 Å². The topological polar surface area (TPSA) is 56.8 Å². The highest BCUT2D eigenvalue weighted by molar-refractivity contribution is 8.14. The minimum Gasteiger partial charge on any atom is -0.378 e. The molecule has 0 atom stereocenters. The molecule has 0 aromatic rings. The van der Waals surface area contributed by atoms with E-state index in [9.17, 15) is 0 Å². The van der Waals surface area contributed by atoms with Crippen LogP contribution in [0.25, 0.3) is 0 Å². The maximum absolute atomic E-state index is 5.53. The summed E-state index contributed by atoms with van der Waals surface area (Å²) in [7, 11) is 0.